The number of benzene rings is 1. The van der Waals surface area contributed by atoms with Gasteiger partial charge in [-0.3, -0.25) is 0 Å². The number of hydrogen-bond donors (Lipinski definition) is 0. The van der Waals surface area contributed by atoms with E-state index in [4.69, 9.17) is 0 Å². The van der Waals surface area contributed by atoms with Crippen molar-refractivity contribution in [1.82, 2.24) is 3.97 Å². The second-order valence-corrected chi connectivity index (χ2v) is 7.37. The minimum Gasteiger partial charge on any atom is -0.238 e. The van der Waals surface area contributed by atoms with Crippen molar-refractivity contribution in [2.24, 2.45) is 0 Å². The zero-order valence-corrected chi connectivity index (χ0v) is 13.4. The third-order valence-corrected chi connectivity index (χ3v) is 5.97. The van der Waals surface area contributed by atoms with Crippen LogP contribution in [0.2, 0.25) is 0 Å². The molecule has 1 heterocycles. The fourth-order valence-corrected chi connectivity index (χ4v) is 4.57. The summed E-state index contributed by atoms with van der Waals surface area (Å²) in [6, 6.07) is 5.91. The van der Waals surface area contributed by atoms with E-state index >= 15 is 0 Å². The number of aromatic nitrogens is 1. The third kappa shape index (κ3) is 2.16. The average molecular weight is 299 g/mol. The van der Waals surface area contributed by atoms with Gasteiger partial charge in [-0.15, -0.1) is 0 Å². The zero-order chi connectivity index (χ0) is 15.2. The quantitative estimate of drug-likeness (QED) is 0.795. The van der Waals surface area contributed by atoms with Gasteiger partial charge in [-0.05, 0) is 44.4 Å². The maximum Gasteiger partial charge on any atom is 0.268 e. The smallest absolute Gasteiger partial charge is 0.238 e. The molecule has 0 atom stereocenters. The highest BCUT2D eigenvalue weighted by Crippen LogP contribution is 2.29. The maximum atomic E-state index is 13.0. The van der Waals surface area contributed by atoms with Crippen LogP contribution in [0.5, 0.6) is 0 Å². The van der Waals surface area contributed by atoms with Gasteiger partial charge in [0.2, 0.25) is 0 Å². The molecule has 0 N–H and O–H groups in total. The van der Waals surface area contributed by atoms with Crippen LogP contribution in [0.25, 0.3) is 10.9 Å². The largest absolute Gasteiger partial charge is 0.268 e. The molecule has 0 saturated heterocycles. The van der Waals surface area contributed by atoms with Crippen LogP contribution in [0.1, 0.15) is 24.1 Å². The molecule has 0 aliphatic heterocycles. The Morgan fingerprint density at radius 3 is 2.62 bits per heavy atom. The highest BCUT2D eigenvalue weighted by Gasteiger charge is 2.24. The summed E-state index contributed by atoms with van der Waals surface area (Å²) in [5.41, 5.74) is 3.71. The fraction of sp³-hybridized carbons (Fsp3) is 0.250. The molecule has 1 aliphatic rings. The molecule has 0 amide bonds. The Morgan fingerprint density at radius 1 is 1.19 bits per heavy atom. The average Bonchev–Trinajstić information content (AvgIpc) is 2.72. The van der Waals surface area contributed by atoms with E-state index < -0.39 is 10.0 Å². The lowest BCUT2D eigenvalue weighted by atomic mass is 9.94. The van der Waals surface area contributed by atoms with Gasteiger partial charge in [-0.25, -0.2) is 12.4 Å². The lowest BCUT2D eigenvalue weighted by Crippen LogP contribution is -2.16. The standard InChI is InChI=1S/C16H18BNO2S/c1-11-12(2)18(16-9-8-13(17)10-15(11)16)21(19,20)14-6-4-3-5-7-14/h4,6-10H,3,5,17H2,1-2H3. The predicted molar refractivity (Wildman–Crippen MR) is 90.4 cm³/mol. The first kappa shape index (κ1) is 14.2. The van der Waals surface area contributed by atoms with E-state index in [0.29, 0.717) is 4.91 Å². The molecule has 108 valence electrons. The molecule has 1 aliphatic carbocycles. The molecule has 0 spiro atoms. The van der Waals surface area contributed by atoms with Crippen molar-refractivity contribution in [1.29, 1.82) is 0 Å². The lowest BCUT2D eigenvalue weighted by Gasteiger charge is -2.13. The normalized spacial score (nSPS) is 15.4. The SMILES string of the molecule is Bc1ccc2c(c1)c(C)c(C)n2S(=O)(=O)C1=CCCC=C1. The molecular formula is C16H18BNO2S. The third-order valence-electron chi connectivity index (χ3n) is 4.12. The van der Waals surface area contributed by atoms with Gasteiger partial charge >= 0.3 is 0 Å². The topological polar surface area (TPSA) is 39.1 Å². The zero-order valence-electron chi connectivity index (χ0n) is 12.6. The lowest BCUT2D eigenvalue weighted by molar-refractivity contribution is 0.594. The fourth-order valence-electron chi connectivity index (χ4n) is 2.85. The van der Waals surface area contributed by atoms with Crippen LogP contribution in [0.3, 0.4) is 0 Å². The van der Waals surface area contributed by atoms with E-state index in [1.165, 1.54) is 3.97 Å². The number of rotatable bonds is 2. The number of fused-ring (bicyclic) bond motifs is 1. The van der Waals surface area contributed by atoms with Crippen molar-refractivity contribution in [3.05, 3.63) is 52.6 Å². The molecule has 3 rings (SSSR count). The number of hydrogen-bond acceptors (Lipinski definition) is 2. The van der Waals surface area contributed by atoms with Crippen LogP contribution >= 0.6 is 0 Å². The van der Waals surface area contributed by atoms with Gasteiger partial charge in [0.1, 0.15) is 7.85 Å². The first-order valence-corrected chi connectivity index (χ1v) is 8.57. The molecule has 0 radical (unpaired) electrons. The summed E-state index contributed by atoms with van der Waals surface area (Å²) in [7, 11) is -1.50. The van der Waals surface area contributed by atoms with Gasteiger partial charge in [-0.1, -0.05) is 29.7 Å². The van der Waals surface area contributed by atoms with Gasteiger partial charge in [-0.2, -0.15) is 0 Å². The molecule has 3 nitrogen and oxygen atoms in total. The van der Waals surface area contributed by atoms with E-state index in [9.17, 15) is 8.42 Å². The molecule has 0 saturated carbocycles. The summed E-state index contributed by atoms with van der Waals surface area (Å²) in [4.78, 5) is 0.398. The summed E-state index contributed by atoms with van der Waals surface area (Å²) < 4.78 is 27.4. The van der Waals surface area contributed by atoms with E-state index in [1.807, 2.05) is 46.0 Å². The van der Waals surface area contributed by atoms with Crippen LogP contribution < -0.4 is 5.46 Å². The minimum absolute atomic E-state index is 0.398. The van der Waals surface area contributed by atoms with E-state index in [0.717, 1.165) is 40.5 Å². The maximum absolute atomic E-state index is 13.0. The molecule has 1 aromatic carbocycles. The van der Waals surface area contributed by atoms with Crippen molar-refractivity contribution in [3.8, 4) is 0 Å². The molecule has 0 bridgehead atoms. The molecule has 0 unspecified atom stereocenters. The minimum atomic E-state index is -3.52. The molecule has 5 heteroatoms. The summed E-state index contributed by atoms with van der Waals surface area (Å²) in [6.45, 7) is 3.85. The Balaban J connectivity index is 2.33. The van der Waals surface area contributed by atoms with Crippen molar-refractivity contribution < 1.29 is 8.42 Å². The van der Waals surface area contributed by atoms with Gasteiger partial charge in [0.05, 0.1) is 10.4 Å². The van der Waals surface area contributed by atoms with E-state index in [2.05, 4.69) is 6.07 Å². The Morgan fingerprint density at radius 2 is 1.95 bits per heavy atom. The Hall–Kier alpha value is -1.75. The van der Waals surface area contributed by atoms with E-state index in [-0.39, 0.29) is 0 Å². The summed E-state index contributed by atoms with van der Waals surface area (Å²) >= 11 is 0. The molecule has 2 aromatic rings. The highest BCUT2D eigenvalue weighted by atomic mass is 32.2. The molecular weight excluding hydrogens is 281 g/mol. The van der Waals surface area contributed by atoms with Crippen molar-refractivity contribution >= 4 is 34.2 Å². The van der Waals surface area contributed by atoms with Crippen LogP contribution in [0, 0.1) is 13.8 Å². The van der Waals surface area contributed by atoms with Gasteiger partial charge in [0.25, 0.3) is 10.0 Å². The summed E-state index contributed by atoms with van der Waals surface area (Å²) in [5.74, 6) is 0. The first-order valence-electron chi connectivity index (χ1n) is 7.13. The van der Waals surface area contributed by atoms with Crippen LogP contribution in [-0.2, 0) is 10.0 Å². The Labute approximate surface area is 126 Å². The number of aryl methyl sites for hydroxylation is 1. The van der Waals surface area contributed by atoms with Gasteiger partial charge in [0.15, 0.2) is 0 Å². The molecule has 0 fully saturated rings. The van der Waals surface area contributed by atoms with Crippen molar-refractivity contribution in [3.63, 3.8) is 0 Å². The molecule has 21 heavy (non-hydrogen) atoms. The van der Waals surface area contributed by atoms with E-state index in [1.54, 1.807) is 6.08 Å². The monoisotopic (exact) mass is 299 g/mol. The number of allylic oxidation sites excluding steroid dienone is 3. The summed E-state index contributed by atoms with van der Waals surface area (Å²) in [5, 5.41) is 1.01. The van der Waals surface area contributed by atoms with Gasteiger partial charge in [0, 0.05) is 11.1 Å². The van der Waals surface area contributed by atoms with Crippen molar-refractivity contribution in [2.75, 3.05) is 0 Å². The van der Waals surface area contributed by atoms with Crippen LogP contribution in [0.15, 0.2) is 41.3 Å². The van der Waals surface area contributed by atoms with Crippen molar-refractivity contribution in [2.45, 2.75) is 26.7 Å². The van der Waals surface area contributed by atoms with Crippen LogP contribution in [0.4, 0.5) is 0 Å². The second kappa shape index (κ2) is 4.91. The van der Waals surface area contributed by atoms with Gasteiger partial charge < -0.3 is 0 Å². The Kier molecular flexibility index (Phi) is 3.32. The second-order valence-electron chi connectivity index (χ2n) is 5.59. The molecule has 1 aromatic heterocycles. The first-order chi connectivity index (χ1) is 9.93. The number of nitrogens with zero attached hydrogens (tertiary/aromatic N) is 1. The highest BCUT2D eigenvalue weighted by molar-refractivity contribution is 7.94. The predicted octanol–water partition coefficient (Wildman–Crippen LogP) is 1.93. The summed E-state index contributed by atoms with van der Waals surface area (Å²) in [6.07, 6.45) is 7.13. The van der Waals surface area contributed by atoms with Crippen LogP contribution in [-0.4, -0.2) is 20.2 Å². The Bertz CT molecular complexity index is 889.